The SMILES string of the molecule is CC(C)(C)OC(=O)N[C@H](CCC(C)(C)C(F)(F)F)C(=O)CI. The lowest BCUT2D eigenvalue weighted by Crippen LogP contribution is -2.45. The van der Waals surface area contributed by atoms with Gasteiger partial charge >= 0.3 is 12.3 Å². The van der Waals surface area contributed by atoms with Crippen LogP contribution in [0.2, 0.25) is 0 Å². The maximum absolute atomic E-state index is 12.9. The predicted octanol–water partition coefficient (Wildman–Crippen LogP) is 4.25. The van der Waals surface area contributed by atoms with Crippen molar-refractivity contribution in [3.63, 3.8) is 0 Å². The molecule has 0 aromatic carbocycles. The first kappa shape index (κ1) is 21.5. The Labute approximate surface area is 142 Å². The van der Waals surface area contributed by atoms with Crippen molar-refractivity contribution < 1.29 is 27.5 Å². The minimum atomic E-state index is -4.36. The number of amides is 1. The molecule has 0 bridgehead atoms. The van der Waals surface area contributed by atoms with Crippen molar-refractivity contribution in [2.24, 2.45) is 5.41 Å². The molecule has 0 heterocycles. The van der Waals surface area contributed by atoms with Gasteiger partial charge in [0.2, 0.25) is 0 Å². The first-order chi connectivity index (χ1) is 9.69. The standard InChI is InChI=1S/C14H23F3INO3/c1-12(2,3)22-11(21)19-9(10(20)8-18)6-7-13(4,5)14(15,16)17/h9H,6-8H2,1-5H3,(H,19,21)/t9-/m1/s1. The Balaban J connectivity index is 4.82. The fourth-order valence-electron chi connectivity index (χ4n) is 1.50. The van der Waals surface area contributed by atoms with Crippen LogP contribution in [0.15, 0.2) is 0 Å². The molecule has 8 heteroatoms. The summed E-state index contributed by atoms with van der Waals surface area (Å²) in [6, 6.07) is -0.978. The van der Waals surface area contributed by atoms with E-state index in [1.807, 2.05) is 22.6 Å². The van der Waals surface area contributed by atoms with Crippen LogP contribution in [-0.2, 0) is 9.53 Å². The van der Waals surface area contributed by atoms with Gasteiger partial charge in [-0.1, -0.05) is 36.4 Å². The number of halogens is 4. The number of Topliss-reactive ketones (excluding diaryl/α,β-unsaturated/α-hetero) is 1. The van der Waals surface area contributed by atoms with E-state index in [-0.39, 0.29) is 23.1 Å². The van der Waals surface area contributed by atoms with Crippen LogP contribution in [0, 0.1) is 5.41 Å². The van der Waals surface area contributed by atoms with E-state index in [0.717, 1.165) is 13.8 Å². The summed E-state index contributed by atoms with van der Waals surface area (Å²) in [7, 11) is 0. The van der Waals surface area contributed by atoms with Gasteiger partial charge in [0.25, 0.3) is 0 Å². The fraction of sp³-hybridized carbons (Fsp3) is 0.857. The summed E-state index contributed by atoms with van der Waals surface area (Å²) in [4.78, 5) is 23.5. The summed E-state index contributed by atoms with van der Waals surface area (Å²) in [5.41, 5.74) is -2.67. The van der Waals surface area contributed by atoms with E-state index in [0.29, 0.717) is 0 Å². The van der Waals surface area contributed by atoms with E-state index in [1.165, 1.54) is 0 Å². The first-order valence-corrected chi connectivity index (χ1v) is 8.37. The molecule has 1 atom stereocenters. The fourth-order valence-corrected chi connectivity index (χ4v) is 2.04. The molecule has 0 aliphatic heterocycles. The van der Waals surface area contributed by atoms with Crippen molar-refractivity contribution in [2.75, 3.05) is 4.43 Å². The third kappa shape index (κ3) is 7.64. The van der Waals surface area contributed by atoms with Crippen molar-refractivity contribution >= 4 is 34.5 Å². The van der Waals surface area contributed by atoms with Gasteiger partial charge in [0.15, 0.2) is 5.78 Å². The second kappa shape index (κ2) is 7.83. The molecule has 0 rings (SSSR count). The maximum atomic E-state index is 12.9. The van der Waals surface area contributed by atoms with Gasteiger partial charge in [-0.2, -0.15) is 13.2 Å². The Bertz CT molecular complexity index is 403. The van der Waals surface area contributed by atoms with Crippen molar-refractivity contribution in [2.45, 2.75) is 65.3 Å². The number of carbonyl (C=O) groups excluding carboxylic acids is 2. The number of nitrogens with one attached hydrogen (secondary N) is 1. The average Bonchev–Trinajstić information content (AvgIpc) is 2.29. The number of hydrogen-bond acceptors (Lipinski definition) is 3. The summed E-state index contributed by atoms with van der Waals surface area (Å²) in [5, 5.41) is 2.37. The quantitative estimate of drug-likeness (QED) is 0.500. The zero-order valence-corrected chi connectivity index (χ0v) is 15.6. The number of hydrogen-bond donors (Lipinski definition) is 1. The highest BCUT2D eigenvalue weighted by molar-refractivity contribution is 14.1. The summed E-state index contributed by atoms with van der Waals surface area (Å²) in [5.74, 6) is -0.329. The van der Waals surface area contributed by atoms with E-state index in [1.54, 1.807) is 20.8 Å². The molecule has 0 fully saturated rings. The van der Waals surface area contributed by atoms with Crippen LogP contribution >= 0.6 is 22.6 Å². The molecule has 0 aliphatic carbocycles. The minimum absolute atomic E-state index is 0.0897. The lowest BCUT2D eigenvalue weighted by atomic mass is 9.85. The molecule has 0 aromatic rings. The zero-order valence-electron chi connectivity index (χ0n) is 13.4. The van der Waals surface area contributed by atoms with E-state index in [4.69, 9.17) is 4.74 Å². The largest absolute Gasteiger partial charge is 0.444 e. The van der Waals surface area contributed by atoms with E-state index >= 15 is 0 Å². The molecule has 0 radical (unpaired) electrons. The molecule has 22 heavy (non-hydrogen) atoms. The van der Waals surface area contributed by atoms with Crippen molar-refractivity contribution in [3.8, 4) is 0 Å². The number of rotatable bonds is 6. The van der Waals surface area contributed by atoms with Crippen molar-refractivity contribution in [1.82, 2.24) is 5.32 Å². The monoisotopic (exact) mass is 437 g/mol. The highest BCUT2D eigenvalue weighted by atomic mass is 127. The molecule has 1 N–H and O–H groups in total. The van der Waals surface area contributed by atoms with Crippen LogP contribution in [0.5, 0.6) is 0 Å². The van der Waals surface area contributed by atoms with Gasteiger partial charge in [-0.3, -0.25) is 4.79 Å². The predicted molar refractivity (Wildman–Crippen MR) is 86.1 cm³/mol. The van der Waals surface area contributed by atoms with Crippen molar-refractivity contribution in [1.29, 1.82) is 0 Å². The van der Waals surface area contributed by atoms with Crippen LogP contribution in [0.25, 0.3) is 0 Å². The molecule has 0 saturated carbocycles. The highest BCUT2D eigenvalue weighted by Crippen LogP contribution is 2.41. The van der Waals surface area contributed by atoms with E-state index in [2.05, 4.69) is 5.32 Å². The molecule has 130 valence electrons. The molecule has 0 aliphatic rings. The summed E-state index contributed by atoms with van der Waals surface area (Å²) < 4.78 is 43.7. The lowest BCUT2D eigenvalue weighted by molar-refractivity contribution is -0.214. The summed E-state index contributed by atoms with van der Waals surface area (Å²) >= 11 is 1.82. The Morgan fingerprint density at radius 1 is 1.14 bits per heavy atom. The minimum Gasteiger partial charge on any atom is -0.444 e. The average molecular weight is 437 g/mol. The Hall–Kier alpha value is -0.540. The normalized spacial score (nSPS) is 14.4. The second-order valence-corrected chi connectivity index (χ2v) is 7.48. The second-order valence-electron chi connectivity index (χ2n) is 6.72. The molecule has 0 aromatic heterocycles. The highest BCUT2D eigenvalue weighted by Gasteiger charge is 2.47. The number of ether oxygens (including phenoxy) is 1. The molecule has 0 spiro atoms. The topological polar surface area (TPSA) is 55.4 Å². The lowest BCUT2D eigenvalue weighted by Gasteiger charge is -2.29. The van der Waals surface area contributed by atoms with E-state index in [9.17, 15) is 22.8 Å². The summed E-state index contributed by atoms with van der Waals surface area (Å²) in [6.45, 7) is 7.13. The smallest absolute Gasteiger partial charge is 0.408 e. The molecule has 0 saturated heterocycles. The van der Waals surface area contributed by atoms with Gasteiger partial charge in [-0.15, -0.1) is 0 Å². The molecular weight excluding hydrogens is 414 g/mol. The van der Waals surface area contributed by atoms with Gasteiger partial charge in [0.1, 0.15) is 5.60 Å². The Morgan fingerprint density at radius 2 is 1.64 bits per heavy atom. The maximum Gasteiger partial charge on any atom is 0.408 e. The van der Waals surface area contributed by atoms with Gasteiger partial charge in [0, 0.05) is 0 Å². The van der Waals surface area contributed by atoms with Crippen LogP contribution < -0.4 is 5.32 Å². The summed E-state index contributed by atoms with van der Waals surface area (Å²) in [6.07, 6.45) is -5.52. The van der Waals surface area contributed by atoms with Gasteiger partial charge in [-0.25, -0.2) is 4.79 Å². The van der Waals surface area contributed by atoms with Crippen LogP contribution in [0.4, 0.5) is 18.0 Å². The zero-order chi connectivity index (χ0) is 17.8. The Morgan fingerprint density at radius 3 is 2.00 bits per heavy atom. The first-order valence-electron chi connectivity index (χ1n) is 6.84. The number of alkyl carbamates (subject to hydrolysis) is 1. The van der Waals surface area contributed by atoms with Crippen LogP contribution in [0.1, 0.15) is 47.5 Å². The molecule has 1 amide bonds. The van der Waals surface area contributed by atoms with Gasteiger partial charge < -0.3 is 10.1 Å². The number of alkyl halides is 4. The molecular formula is C14H23F3INO3. The number of ketones is 1. The van der Waals surface area contributed by atoms with Crippen molar-refractivity contribution in [3.05, 3.63) is 0 Å². The van der Waals surface area contributed by atoms with Gasteiger partial charge in [-0.05, 0) is 33.6 Å². The molecule has 4 nitrogen and oxygen atoms in total. The Kier molecular flexibility index (Phi) is 7.64. The number of carbonyl (C=O) groups is 2. The molecule has 0 unspecified atom stereocenters. The van der Waals surface area contributed by atoms with Crippen LogP contribution in [-0.4, -0.2) is 34.1 Å². The van der Waals surface area contributed by atoms with E-state index < -0.39 is 29.3 Å². The van der Waals surface area contributed by atoms with Crippen LogP contribution in [0.3, 0.4) is 0 Å². The third-order valence-electron chi connectivity index (χ3n) is 3.04. The van der Waals surface area contributed by atoms with Gasteiger partial charge in [0.05, 0.1) is 15.9 Å². The third-order valence-corrected chi connectivity index (χ3v) is 3.79.